The van der Waals surface area contributed by atoms with Crippen LogP contribution in [0.4, 0.5) is 13.2 Å². The van der Waals surface area contributed by atoms with Crippen molar-refractivity contribution in [1.82, 2.24) is 0 Å². The lowest BCUT2D eigenvalue weighted by atomic mass is 10.0. The second-order valence-corrected chi connectivity index (χ2v) is 4.72. The number of carbonyl (C=O) groups is 1. The molecule has 1 aromatic rings. The summed E-state index contributed by atoms with van der Waals surface area (Å²) in [5.74, 6) is -0.324. The van der Waals surface area contributed by atoms with Crippen molar-refractivity contribution in [3.05, 3.63) is 29.3 Å². The second-order valence-electron chi connectivity index (χ2n) is 4.72. The van der Waals surface area contributed by atoms with E-state index in [1.807, 2.05) is 0 Å². The first-order valence-electron chi connectivity index (χ1n) is 6.16. The number of ether oxygens (including phenoxy) is 1. The van der Waals surface area contributed by atoms with Gasteiger partial charge in [-0.25, -0.2) is 0 Å². The average molecular weight is 283 g/mol. The van der Waals surface area contributed by atoms with Gasteiger partial charge in [0.1, 0.15) is 5.75 Å². The molecular weight excluding hydrogens is 271 g/mol. The van der Waals surface area contributed by atoms with E-state index in [1.165, 1.54) is 6.07 Å². The van der Waals surface area contributed by atoms with E-state index in [2.05, 4.69) is 0 Å². The molecule has 0 atom stereocenters. The maximum atomic E-state index is 12.9. The molecular formula is C14H12F3NO2. The summed E-state index contributed by atoms with van der Waals surface area (Å²) < 4.78 is 44.1. The van der Waals surface area contributed by atoms with Crippen LogP contribution >= 0.6 is 0 Å². The van der Waals surface area contributed by atoms with Gasteiger partial charge in [0.05, 0.1) is 24.7 Å². The van der Waals surface area contributed by atoms with Gasteiger partial charge in [-0.15, -0.1) is 0 Å². The van der Waals surface area contributed by atoms with E-state index in [9.17, 15) is 18.0 Å². The summed E-state index contributed by atoms with van der Waals surface area (Å²) in [6.07, 6.45) is -3.17. The lowest BCUT2D eigenvalue weighted by Gasteiger charge is -2.13. The number of nitrogens with zero attached hydrogens (tertiary/aromatic N) is 1. The zero-order valence-electron chi connectivity index (χ0n) is 10.5. The molecule has 0 bridgehead atoms. The fourth-order valence-electron chi connectivity index (χ4n) is 1.76. The summed E-state index contributed by atoms with van der Waals surface area (Å²) in [5.41, 5.74) is -1.54. The zero-order valence-corrected chi connectivity index (χ0v) is 10.5. The molecule has 0 unspecified atom stereocenters. The Bertz CT molecular complexity index is 557. The smallest absolute Gasteiger partial charge is 0.417 e. The van der Waals surface area contributed by atoms with Crippen molar-refractivity contribution >= 4 is 5.78 Å². The van der Waals surface area contributed by atoms with Crippen LogP contribution in [0.2, 0.25) is 0 Å². The summed E-state index contributed by atoms with van der Waals surface area (Å²) in [7, 11) is 0. The molecule has 2 rings (SSSR count). The van der Waals surface area contributed by atoms with Gasteiger partial charge in [-0.2, -0.15) is 18.4 Å². The van der Waals surface area contributed by atoms with Gasteiger partial charge in [-0.05, 0) is 37.0 Å². The Morgan fingerprint density at radius 3 is 2.65 bits per heavy atom. The van der Waals surface area contributed by atoms with Crippen LogP contribution in [-0.4, -0.2) is 12.4 Å². The number of benzene rings is 1. The fraction of sp³-hybridized carbons (Fsp3) is 0.429. The van der Waals surface area contributed by atoms with Crippen LogP contribution in [0, 0.1) is 17.2 Å². The van der Waals surface area contributed by atoms with Crippen molar-refractivity contribution in [3.8, 4) is 11.8 Å². The Labute approximate surface area is 114 Å². The number of alkyl halides is 3. The number of halogens is 3. The summed E-state index contributed by atoms with van der Waals surface area (Å²) in [6, 6.07) is 4.80. The minimum Gasteiger partial charge on any atom is -0.493 e. The molecule has 1 aliphatic carbocycles. The summed E-state index contributed by atoms with van der Waals surface area (Å²) in [6.45, 7) is 0.392. The van der Waals surface area contributed by atoms with Crippen molar-refractivity contribution in [2.75, 3.05) is 6.61 Å². The molecule has 1 aliphatic rings. The molecule has 3 nitrogen and oxygen atoms in total. The Morgan fingerprint density at radius 1 is 1.40 bits per heavy atom. The normalized spacial score (nSPS) is 14.7. The standard InChI is InChI=1S/C14H12F3NO2/c15-14(16,17)12-7-10(20-8-9-1-2-9)3-4-11(12)13(19)5-6-18/h3-4,7,9H,1-2,5,8H2. The molecule has 0 spiro atoms. The topological polar surface area (TPSA) is 50.1 Å². The molecule has 0 aliphatic heterocycles. The van der Waals surface area contributed by atoms with Crippen LogP contribution in [0.15, 0.2) is 18.2 Å². The van der Waals surface area contributed by atoms with Gasteiger partial charge in [0.2, 0.25) is 0 Å². The van der Waals surface area contributed by atoms with Crippen LogP contribution < -0.4 is 4.74 Å². The Hall–Kier alpha value is -2.03. The molecule has 1 saturated carbocycles. The lowest BCUT2D eigenvalue weighted by Crippen LogP contribution is -2.13. The molecule has 106 valence electrons. The average Bonchev–Trinajstić information content (AvgIpc) is 3.19. The number of ketones is 1. The van der Waals surface area contributed by atoms with Crippen LogP contribution in [0.5, 0.6) is 5.75 Å². The van der Waals surface area contributed by atoms with Gasteiger partial charge in [0.15, 0.2) is 5.78 Å². The molecule has 0 radical (unpaired) electrons. The number of Topliss-reactive ketones (excluding diaryl/α,β-unsaturated/α-hetero) is 1. The molecule has 0 N–H and O–H groups in total. The van der Waals surface area contributed by atoms with Crippen LogP contribution in [0.1, 0.15) is 35.2 Å². The summed E-state index contributed by atoms with van der Waals surface area (Å²) in [4.78, 5) is 11.5. The Morgan fingerprint density at radius 2 is 2.10 bits per heavy atom. The first kappa shape index (κ1) is 14.4. The van der Waals surface area contributed by atoms with Crippen LogP contribution in [0.3, 0.4) is 0 Å². The van der Waals surface area contributed by atoms with E-state index in [0.29, 0.717) is 12.5 Å². The number of rotatable bonds is 5. The van der Waals surface area contributed by atoms with Crippen molar-refractivity contribution in [1.29, 1.82) is 5.26 Å². The van der Waals surface area contributed by atoms with Gasteiger partial charge in [0, 0.05) is 5.56 Å². The highest BCUT2D eigenvalue weighted by Crippen LogP contribution is 2.36. The monoisotopic (exact) mass is 283 g/mol. The SMILES string of the molecule is N#CCC(=O)c1ccc(OCC2CC2)cc1C(F)(F)F. The van der Waals surface area contributed by atoms with Gasteiger partial charge >= 0.3 is 6.18 Å². The Balaban J connectivity index is 2.27. The van der Waals surface area contributed by atoms with E-state index in [4.69, 9.17) is 10.00 Å². The number of hydrogen-bond donors (Lipinski definition) is 0. The molecule has 0 aromatic heterocycles. The number of hydrogen-bond acceptors (Lipinski definition) is 3. The van der Waals surface area contributed by atoms with Crippen molar-refractivity contribution in [2.45, 2.75) is 25.4 Å². The highest BCUT2D eigenvalue weighted by atomic mass is 19.4. The van der Waals surface area contributed by atoms with E-state index < -0.39 is 29.5 Å². The molecule has 20 heavy (non-hydrogen) atoms. The van der Waals surface area contributed by atoms with Gasteiger partial charge < -0.3 is 4.74 Å². The van der Waals surface area contributed by atoms with Crippen LogP contribution in [0.25, 0.3) is 0 Å². The van der Waals surface area contributed by atoms with Crippen molar-refractivity contribution < 1.29 is 22.7 Å². The van der Waals surface area contributed by atoms with Gasteiger partial charge in [0.25, 0.3) is 0 Å². The third kappa shape index (κ3) is 3.50. The van der Waals surface area contributed by atoms with Crippen molar-refractivity contribution in [2.24, 2.45) is 5.92 Å². The largest absolute Gasteiger partial charge is 0.493 e. The highest BCUT2D eigenvalue weighted by Gasteiger charge is 2.35. The predicted molar refractivity (Wildman–Crippen MR) is 64.2 cm³/mol. The maximum Gasteiger partial charge on any atom is 0.417 e. The number of carbonyl (C=O) groups excluding carboxylic acids is 1. The van der Waals surface area contributed by atoms with Gasteiger partial charge in [-0.1, -0.05) is 0 Å². The van der Waals surface area contributed by atoms with Crippen molar-refractivity contribution in [3.63, 3.8) is 0 Å². The zero-order chi connectivity index (χ0) is 14.8. The third-order valence-corrected chi connectivity index (χ3v) is 3.02. The van der Waals surface area contributed by atoms with E-state index in [1.54, 1.807) is 6.07 Å². The molecule has 1 fully saturated rings. The van der Waals surface area contributed by atoms with Crippen LogP contribution in [-0.2, 0) is 6.18 Å². The maximum absolute atomic E-state index is 12.9. The molecule has 6 heteroatoms. The number of nitriles is 1. The molecule has 1 aromatic carbocycles. The first-order valence-corrected chi connectivity index (χ1v) is 6.16. The Kier molecular flexibility index (Phi) is 3.98. The molecule has 0 heterocycles. The quantitative estimate of drug-likeness (QED) is 0.776. The third-order valence-electron chi connectivity index (χ3n) is 3.02. The minimum atomic E-state index is -4.65. The van der Waals surface area contributed by atoms with E-state index >= 15 is 0 Å². The first-order chi connectivity index (χ1) is 9.41. The van der Waals surface area contributed by atoms with Gasteiger partial charge in [-0.3, -0.25) is 4.79 Å². The summed E-state index contributed by atoms with van der Waals surface area (Å²) in [5, 5.41) is 8.42. The fourth-order valence-corrected chi connectivity index (χ4v) is 1.76. The molecule has 0 saturated heterocycles. The molecule has 0 amide bonds. The predicted octanol–water partition coefficient (Wildman–Crippen LogP) is 3.59. The lowest BCUT2D eigenvalue weighted by molar-refractivity contribution is -0.138. The summed E-state index contributed by atoms with van der Waals surface area (Å²) >= 11 is 0. The van der Waals surface area contributed by atoms with E-state index in [-0.39, 0.29) is 5.75 Å². The van der Waals surface area contributed by atoms with E-state index in [0.717, 1.165) is 25.0 Å². The second kappa shape index (κ2) is 5.53. The highest BCUT2D eigenvalue weighted by molar-refractivity contribution is 5.99. The minimum absolute atomic E-state index is 0.0951.